The van der Waals surface area contributed by atoms with Crippen LogP contribution in [0.4, 0.5) is 0 Å². The molecule has 1 heterocycles. The Labute approximate surface area is 160 Å². The highest BCUT2D eigenvalue weighted by atomic mass is 16.2. The summed E-state index contributed by atoms with van der Waals surface area (Å²) in [5, 5.41) is 11.9. The Morgan fingerprint density at radius 1 is 0.963 bits per heavy atom. The Hall–Kier alpha value is -2.99. The summed E-state index contributed by atoms with van der Waals surface area (Å²) in [6.07, 6.45) is 1.70. The fraction of sp³-hybridized carbons (Fsp3) is 0.286. The Kier molecular flexibility index (Phi) is 7.70. The molecule has 3 aromatic rings. The highest BCUT2D eigenvalue weighted by molar-refractivity contribution is 5.94. The Morgan fingerprint density at radius 3 is 2.04 bits per heavy atom. The summed E-state index contributed by atoms with van der Waals surface area (Å²) in [5.41, 5.74) is 5.84. The number of nitrogens with one attached hydrogen (secondary N) is 2. The van der Waals surface area contributed by atoms with Crippen molar-refractivity contribution in [3.05, 3.63) is 72.4 Å². The number of carbonyl (C=O) groups excluding carboxylic acids is 1. The lowest BCUT2D eigenvalue weighted by molar-refractivity contribution is 0.0550. The van der Waals surface area contributed by atoms with Crippen LogP contribution in [0.1, 0.15) is 38.1 Å². The standard InChI is InChI=1S/C13H20N2O.C8H7N3/c1-10(2)14-15(11(3)4)13(16)12-8-6-5-7-9-12;1-2-4-7(5-3-1)8-6-9-11-10-8/h5-11,14H,1-4H3;1-6H,(H,9,10,11). The first kappa shape index (κ1) is 20.3. The van der Waals surface area contributed by atoms with E-state index in [1.807, 2.05) is 88.4 Å². The van der Waals surface area contributed by atoms with Gasteiger partial charge in [-0.15, -0.1) is 0 Å². The number of aromatic amines is 1. The van der Waals surface area contributed by atoms with Gasteiger partial charge in [0.05, 0.1) is 6.20 Å². The number of rotatable bonds is 5. The Morgan fingerprint density at radius 2 is 1.56 bits per heavy atom. The van der Waals surface area contributed by atoms with Crippen LogP contribution in [0, 0.1) is 0 Å². The molecule has 142 valence electrons. The van der Waals surface area contributed by atoms with Gasteiger partial charge < -0.3 is 0 Å². The number of carbonyl (C=O) groups is 1. The second kappa shape index (κ2) is 10.2. The fourth-order valence-corrected chi connectivity index (χ4v) is 2.39. The second-order valence-electron chi connectivity index (χ2n) is 6.64. The summed E-state index contributed by atoms with van der Waals surface area (Å²) < 4.78 is 0. The predicted molar refractivity (Wildman–Crippen MR) is 108 cm³/mol. The van der Waals surface area contributed by atoms with Crippen LogP contribution in [0.5, 0.6) is 0 Å². The van der Waals surface area contributed by atoms with Crippen molar-refractivity contribution in [3.8, 4) is 11.3 Å². The number of benzene rings is 2. The van der Waals surface area contributed by atoms with Crippen LogP contribution in [0.2, 0.25) is 0 Å². The normalized spacial score (nSPS) is 10.4. The topological polar surface area (TPSA) is 73.9 Å². The molecule has 0 saturated carbocycles. The summed E-state index contributed by atoms with van der Waals surface area (Å²) in [4.78, 5) is 12.2. The zero-order valence-electron chi connectivity index (χ0n) is 16.3. The molecule has 6 heteroatoms. The number of hydrogen-bond acceptors (Lipinski definition) is 4. The number of hydrazine groups is 1. The smallest absolute Gasteiger partial charge is 0.268 e. The first-order valence-corrected chi connectivity index (χ1v) is 9.05. The van der Waals surface area contributed by atoms with Crippen molar-refractivity contribution in [1.29, 1.82) is 0 Å². The third-order valence-corrected chi connectivity index (χ3v) is 3.64. The second-order valence-corrected chi connectivity index (χ2v) is 6.64. The molecule has 27 heavy (non-hydrogen) atoms. The summed E-state index contributed by atoms with van der Waals surface area (Å²) in [6.45, 7) is 8.04. The van der Waals surface area contributed by atoms with Gasteiger partial charge in [-0.2, -0.15) is 15.4 Å². The number of nitrogens with zero attached hydrogens (tertiary/aromatic N) is 3. The van der Waals surface area contributed by atoms with E-state index in [4.69, 9.17) is 0 Å². The highest BCUT2D eigenvalue weighted by Gasteiger charge is 2.18. The van der Waals surface area contributed by atoms with Crippen molar-refractivity contribution in [2.75, 3.05) is 0 Å². The number of amides is 1. The zero-order valence-corrected chi connectivity index (χ0v) is 16.3. The van der Waals surface area contributed by atoms with Crippen molar-refractivity contribution in [2.24, 2.45) is 0 Å². The maximum Gasteiger partial charge on any atom is 0.268 e. The Bertz CT molecular complexity index is 786. The molecule has 0 aliphatic rings. The molecule has 1 aromatic heterocycles. The minimum atomic E-state index is 0.0179. The van der Waals surface area contributed by atoms with Gasteiger partial charge in [-0.1, -0.05) is 48.5 Å². The van der Waals surface area contributed by atoms with Crippen LogP contribution in [-0.2, 0) is 0 Å². The van der Waals surface area contributed by atoms with Gasteiger partial charge in [-0.25, -0.2) is 5.43 Å². The van der Waals surface area contributed by atoms with E-state index in [9.17, 15) is 4.79 Å². The van der Waals surface area contributed by atoms with Gasteiger partial charge in [0.25, 0.3) is 5.91 Å². The van der Waals surface area contributed by atoms with Crippen molar-refractivity contribution in [3.63, 3.8) is 0 Å². The van der Waals surface area contributed by atoms with Gasteiger partial charge in [0, 0.05) is 23.2 Å². The lowest BCUT2D eigenvalue weighted by atomic mass is 10.2. The molecular weight excluding hydrogens is 338 g/mol. The quantitative estimate of drug-likeness (QED) is 0.672. The first-order valence-electron chi connectivity index (χ1n) is 9.05. The first-order chi connectivity index (χ1) is 13.0. The summed E-state index contributed by atoms with van der Waals surface area (Å²) >= 11 is 0. The van der Waals surface area contributed by atoms with E-state index in [0.29, 0.717) is 5.56 Å². The van der Waals surface area contributed by atoms with Gasteiger partial charge in [-0.05, 0) is 39.8 Å². The van der Waals surface area contributed by atoms with Crippen molar-refractivity contribution < 1.29 is 4.79 Å². The molecule has 0 fully saturated rings. The van der Waals surface area contributed by atoms with Crippen LogP contribution in [0.15, 0.2) is 66.9 Å². The van der Waals surface area contributed by atoms with E-state index in [1.165, 1.54) is 0 Å². The molecule has 3 rings (SSSR count). The van der Waals surface area contributed by atoms with Gasteiger partial charge in [0.1, 0.15) is 5.69 Å². The predicted octanol–water partition coefficient (Wildman–Crippen LogP) is 3.92. The maximum absolute atomic E-state index is 12.2. The monoisotopic (exact) mass is 365 g/mol. The fourth-order valence-electron chi connectivity index (χ4n) is 2.39. The third-order valence-electron chi connectivity index (χ3n) is 3.64. The summed E-state index contributed by atoms with van der Waals surface area (Å²) in [5.74, 6) is 0.0179. The van der Waals surface area contributed by atoms with Gasteiger partial charge >= 0.3 is 0 Å². The molecule has 0 saturated heterocycles. The molecule has 0 atom stereocenters. The molecule has 0 radical (unpaired) electrons. The molecule has 0 aliphatic heterocycles. The molecule has 0 spiro atoms. The van der Waals surface area contributed by atoms with Crippen LogP contribution < -0.4 is 5.43 Å². The van der Waals surface area contributed by atoms with Crippen LogP contribution in [-0.4, -0.2) is 38.4 Å². The average Bonchev–Trinajstić information content (AvgIpc) is 3.22. The zero-order chi connectivity index (χ0) is 19.6. The average molecular weight is 365 g/mol. The van der Waals surface area contributed by atoms with E-state index in [1.54, 1.807) is 11.2 Å². The van der Waals surface area contributed by atoms with Crippen molar-refractivity contribution in [2.45, 2.75) is 39.8 Å². The minimum absolute atomic E-state index is 0.0179. The van der Waals surface area contributed by atoms with E-state index >= 15 is 0 Å². The van der Waals surface area contributed by atoms with Gasteiger partial charge in [0.15, 0.2) is 0 Å². The van der Waals surface area contributed by atoms with Gasteiger partial charge in [-0.3, -0.25) is 9.80 Å². The highest BCUT2D eigenvalue weighted by Crippen LogP contribution is 2.12. The maximum atomic E-state index is 12.2. The third kappa shape index (κ3) is 6.34. The summed E-state index contributed by atoms with van der Waals surface area (Å²) in [7, 11) is 0. The lowest BCUT2D eigenvalue weighted by Gasteiger charge is -2.29. The number of hydrogen-bond donors (Lipinski definition) is 2. The van der Waals surface area contributed by atoms with Gasteiger partial charge in [0.2, 0.25) is 0 Å². The molecule has 6 nitrogen and oxygen atoms in total. The molecule has 2 aromatic carbocycles. The van der Waals surface area contributed by atoms with E-state index in [-0.39, 0.29) is 18.0 Å². The minimum Gasteiger partial charge on any atom is -0.271 e. The molecule has 0 aliphatic carbocycles. The molecule has 0 bridgehead atoms. The number of H-pyrrole nitrogens is 1. The van der Waals surface area contributed by atoms with Crippen LogP contribution >= 0.6 is 0 Å². The van der Waals surface area contributed by atoms with E-state index in [2.05, 4.69) is 20.8 Å². The molecule has 0 unspecified atom stereocenters. The lowest BCUT2D eigenvalue weighted by Crippen LogP contribution is -2.50. The number of aromatic nitrogens is 3. The van der Waals surface area contributed by atoms with Crippen LogP contribution in [0.25, 0.3) is 11.3 Å². The molecular formula is C21H27N5O. The Balaban J connectivity index is 0.000000206. The van der Waals surface area contributed by atoms with Crippen LogP contribution in [0.3, 0.4) is 0 Å². The largest absolute Gasteiger partial charge is 0.271 e. The SMILES string of the molecule is CC(C)NN(C(=O)c1ccccc1)C(C)C.c1ccc(-c2cn[nH]n2)cc1. The molecule has 2 N–H and O–H groups in total. The molecule has 1 amide bonds. The van der Waals surface area contributed by atoms with Crippen molar-refractivity contribution in [1.82, 2.24) is 25.8 Å². The van der Waals surface area contributed by atoms with E-state index in [0.717, 1.165) is 11.3 Å². The summed E-state index contributed by atoms with van der Waals surface area (Å²) in [6, 6.07) is 19.6. The van der Waals surface area contributed by atoms with Crippen molar-refractivity contribution >= 4 is 5.91 Å². The van der Waals surface area contributed by atoms with E-state index < -0.39 is 0 Å².